The molecule has 10 heteroatoms. The van der Waals surface area contributed by atoms with E-state index in [2.05, 4.69) is 25.0 Å². The molecule has 2 aromatic rings. The summed E-state index contributed by atoms with van der Waals surface area (Å²) in [6.45, 7) is 1.96. The number of nitrogens with one attached hydrogen (secondary N) is 1. The van der Waals surface area contributed by atoms with Crippen molar-refractivity contribution in [2.45, 2.75) is 26.1 Å². The number of rotatable bonds is 5. The monoisotopic (exact) mass is 374 g/mol. The van der Waals surface area contributed by atoms with Crippen molar-refractivity contribution in [1.82, 2.24) is 20.3 Å². The van der Waals surface area contributed by atoms with E-state index in [1.54, 1.807) is 13.8 Å². The number of aryl methyl sites for hydroxylation is 1. The Morgan fingerprint density at radius 1 is 1.36 bits per heavy atom. The van der Waals surface area contributed by atoms with Crippen molar-refractivity contribution < 1.29 is 22.7 Å². The van der Waals surface area contributed by atoms with Crippen LogP contribution in [0.1, 0.15) is 34.7 Å². The average Bonchev–Trinajstić information content (AvgIpc) is 2.51. The highest BCUT2D eigenvalue weighted by molar-refractivity contribution is 6.28. The highest BCUT2D eigenvalue weighted by Gasteiger charge is 2.28. The molecule has 0 saturated carbocycles. The van der Waals surface area contributed by atoms with E-state index in [1.807, 2.05) is 0 Å². The molecule has 0 saturated heterocycles. The molecule has 0 aliphatic rings. The summed E-state index contributed by atoms with van der Waals surface area (Å²) in [6.07, 6.45) is -3.10. The number of carbonyl (C=O) groups excluding carboxylic acids is 1. The average molecular weight is 375 g/mol. The zero-order chi connectivity index (χ0) is 18.6. The van der Waals surface area contributed by atoms with Crippen LogP contribution in [0.2, 0.25) is 5.28 Å². The number of aromatic nitrogens is 3. The van der Waals surface area contributed by atoms with Crippen molar-refractivity contribution in [2.24, 2.45) is 0 Å². The fourth-order valence-corrected chi connectivity index (χ4v) is 2.12. The molecular weight excluding hydrogens is 361 g/mol. The molecule has 6 nitrogen and oxygen atoms in total. The SMILES string of the molecule is Cc1cc(C(=O)NC(C)c2ccc(OCC(F)(F)F)nc2)nc(Cl)n1. The lowest BCUT2D eigenvalue weighted by atomic mass is 10.1. The van der Waals surface area contributed by atoms with Crippen molar-refractivity contribution in [3.05, 3.63) is 46.6 Å². The minimum atomic E-state index is -4.43. The smallest absolute Gasteiger partial charge is 0.422 e. The molecule has 2 heterocycles. The molecule has 1 amide bonds. The molecule has 0 aliphatic carbocycles. The number of hydrogen-bond donors (Lipinski definition) is 1. The predicted octanol–water partition coefficient (Wildman–Crippen LogP) is 3.27. The van der Waals surface area contributed by atoms with Gasteiger partial charge >= 0.3 is 6.18 Å². The molecule has 2 rings (SSSR count). The topological polar surface area (TPSA) is 77.0 Å². The van der Waals surface area contributed by atoms with Gasteiger partial charge in [-0.15, -0.1) is 0 Å². The van der Waals surface area contributed by atoms with E-state index in [9.17, 15) is 18.0 Å². The van der Waals surface area contributed by atoms with Crippen LogP contribution in [-0.4, -0.2) is 33.6 Å². The Labute approximate surface area is 146 Å². The number of hydrogen-bond acceptors (Lipinski definition) is 5. The molecule has 0 bridgehead atoms. The number of amides is 1. The van der Waals surface area contributed by atoms with Crippen molar-refractivity contribution in [2.75, 3.05) is 6.61 Å². The summed E-state index contributed by atoms with van der Waals surface area (Å²) in [4.78, 5) is 23.7. The first-order chi connectivity index (χ1) is 11.6. The molecule has 0 aromatic carbocycles. The molecular formula is C15H14ClF3N4O2. The van der Waals surface area contributed by atoms with Gasteiger partial charge in [-0.1, -0.05) is 6.07 Å². The first-order valence-corrected chi connectivity index (χ1v) is 7.49. The third kappa shape index (κ3) is 5.86. The summed E-state index contributed by atoms with van der Waals surface area (Å²) in [6, 6.07) is 3.85. The van der Waals surface area contributed by atoms with Gasteiger partial charge in [0, 0.05) is 18.0 Å². The standard InChI is InChI=1S/C15H14ClF3N4O2/c1-8-5-11(23-14(16)21-8)13(24)22-9(2)10-3-4-12(20-6-10)25-7-15(17,18)19/h3-6,9H,7H2,1-2H3,(H,22,24). The van der Waals surface area contributed by atoms with Crippen LogP contribution in [0.4, 0.5) is 13.2 Å². The Hall–Kier alpha value is -2.42. The Balaban J connectivity index is 2.00. The minimum absolute atomic E-state index is 0.0364. The summed E-state index contributed by atoms with van der Waals surface area (Å²) in [5, 5.41) is 2.66. The molecule has 1 N–H and O–H groups in total. The van der Waals surface area contributed by atoms with Crippen LogP contribution in [0.25, 0.3) is 0 Å². The van der Waals surface area contributed by atoms with Gasteiger partial charge in [0.2, 0.25) is 11.2 Å². The maximum absolute atomic E-state index is 12.2. The van der Waals surface area contributed by atoms with Crippen molar-refractivity contribution in [3.8, 4) is 5.88 Å². The molecule has 0 aliphatic heterocycles. The number of alkyl halides is 3. The fraction of sp³-hybridized carbons (Fsp3) is 0.333. The second-order valence-electron chi connectivity index (χ2n) is 5.19. The molecule has 2 aromatic heterocycles. The maximum atomic E-state index is 12.2. The number of carbonyl (C=O) groups is 1. The van der Waals surface area contributed by atoms with Crippen molar-refractivity contribution >= 4 is 17.5 Å². The first-order valence-electron chi connectivity index (χ1n) is 7.11. The van der Waals surface area contributed by atoms with Gasteiger partial charge in [-0.3, -0.25) is 4.79 Å². The van der Waals surface area contributed by atoms with Crippen LogP contribution in [0.15, 0.2) is 24.4 Å². The van der Waals surface area contributed by atoms with Gasteiger partial charge in [-0.2, -0.15) is 13.2 Å². The zero-order valence-electron chi connectivity index (χ0n) is 13.3. The summed E-state index contributed by atoms with van der Waals surface area (Å²) in [7, 11) is 0. The molecule has 134 valence electrons. The molecule has 0 spiro atoms. The number of nitrogens with zero attached hydrogens (tertiary/aromatic N) is 3. The summed E-state index contributed by atoms with van der Waals surface area (Å²) in [5.74, 6) is -0.616. The minimum Gasteiger partial charge on any atom is -0.468 e. The van der Waals surface area contributed by atoms with E-state index in [1.165, 1.54) is 24.4 Å². The van der Waals surface area contributed by atoms with Gasteiger partial charge in [0.05, 0.1) is 6.04 Å². The van der Waals surface area contributed by atoms with E-state index >= 15 is 0 Å². The van der Waals surface area contributed by atoms with E-state index in [0.29, 0.717) is 11.3 Å². The molecule has 0 radical (unpaired) electrons. The van der Waals surface area contributed by atoms with Gasteiger partial charge < -0.3 is 10.1 Å². The largest absolute Gasteiger partial charge is 0.468 e. The number of halogens is 4. The van der Waals surface area contributed by atoms with Crippen LogP contribution in [0.3, 0.4) is 0 Å². The zero-order valence-corrected chi connectivity index (χ0v) is 14.0. The normalized spacial score (nSPS) is 12.6. The maximum Gasteiger partial charge on any atom is 0.422 e. The highest BCUT2D eigenvalue weighted by atomic mass is 35.5. The van der Waals surface area contributed by atoms with Gasteiger partial charge in [-0.25, -0.2) is 15.0 Å². The fourth-order valence-electron chi connectivity index (χ4n) is 1.89. The Bertz CT molecular complexity index is 733. The lowest BCUT2D eigenvalue weighted by Crippen LogP contribution is -2.27. The van der Waals surface area contributed by atoms with E-state index in [-0.39, 0.29) is 16.9 Å². The van der Waals surface area contributed by atoms with Gasteiger partial charge in [0.15, 0.2) is 6.61 Å². The van der Waals surface area contributed by atoms with Crippen LogP contribution in [0.5, 0.6) is 5.88 Å². The molecule has 1 atom stereocenters. The number of ether oxygens (including phenoxy) is 1. The summed E-state index contributed by atoms with van der Waals surface area (Å²) in [5.41, 5.74) is 1.25. The highest BCUT2D eigenvalue weighted by Crippen LogP contribution is 2.19. The van der Waals surface area contributed by atoms with Crippen LogP contribution in [-0.2, 0) is 0 Å². The summed E-state index contributed by atoms with van der Waals surface area (Å²) >= 11 is 5.72. The van der Waals surface area contributed by atoms with Crippen LogP contribution < -0.4 is 10.1 Å². The predicted molar refractivity (Wildman–Crippen MR) is 83.4 cm³/mol. The second-order valence-corrected chi connectivity index (χ2v) is 5.53. The van der Waals surface area contributed by atoms with E-state index < -0.39 is 24.7 Å². The second kappa shape index (κ2) is 7.64. The quantitative estimate of drug-likeness (QED) is 0.813. The van der Waals surface area contributed by atoms with E-state index in [4.69, 9.17) is 11.6 Å². The summed E-state index contributed by atoms with van der Waals surface area (Å²) < 4.78 is 40.8. The van der Waals surface area contributed by atoms with Crippen LogP contribution in [0, 0.1) is 6.92 Å². The Kier molecular flexibility index (Phi) is 5.78. The third-order valence-electron chi connectivity index (χ3n) is 3.05. The van der Waals surface area contributed by atoms with Gasteiger partial charge in [0.25, 0.3) is 5.91 Å². The molecule has 0 fully saturated rings. The van der Waals surface area contributed by atoms with Gasteiger partial charge in [-0.05, 0) is 37.1 Å². The first kappa shape index (κ1) is 18.9. The van der Waals surface area contributed by atoms with Crippen molar-refractivity contribution in [3.63, 3.8) is 0 Å². The van der Waals surface area contributed by atoms with Gasteiger partial charge in [0.1, 0.15) is 5.69 Å². The third-order valence-corrected chi connectivity index (χ3v) is 3.22. The van der Waals surface area contributed by atoms with Crippen LogP contribution >= 0.6 is 11.6 Å². The lowest BCUT2D eigenvalue weighted by molar-refractivity contribution is -0.154. The van der Waals surface area contributed by atoms with E-state index in [0.717, 1.165) is 0 Å². The van der Waals surface area contributed by atoms with Crippen molar-refractivity contribution in [1.29, 1.82) is 0 Å². The Morgan fingerprint density at radius 2 is 2.08 bits per heavy atom. The lowest BCUT2D eigenvalue weighted by Gasteiger charge is -2.14. The number of pyridine rings is 1. The molecule has 25 heavy (non-hydrogen) atoms. The molecule has 1 unspecified atom stereocenters. The Morgan fingerprint density at radius 3 is 2.64 bits per heavy atom.